The summed E-state index contributed by atoms with van der Waals surface area (Å²) in [6, 6.07) is 8.60. The van der Waals surface area contributed by atoms with E-state index in [4.69, 9.17) is 27.9 Å². The van der Waals surface area contributed by atoms with E-state index in [1.807, 2.05) is 6.07 Å². The van der Waals surface area contributed by atoms with Crippen LogP contribution in [-0.2, 0) is 4.74 Å². The van der Waals surface area contributed by atoms with Crippen molar-refractivity contribution in [1.82, 2.24) is 4.98 Å². The highest BCUT2D eigenvalue weighted by Crippen LogP contribution is 2.25. The first-order valence-electron chi connectivity index (χ1n) is 7.18. The number of anilines is 2. The molecule has 1 saturated heterocycles. The molecule has 1 aliphatic rings. The zero-order valence-corrected chi connectivity index (χ0v) is 13.8. The molecule has 1 fully saturated rings. The van der Waals surface area contributed by atoms with Crippen molar-refractivity contribution in [3.63, 3.8) is 0 Å². The van der Waals surface area contributed by atoms with Gasteiger partial charge in [-0.25, -0.2) is 0 Å². The summed E-state index contributed by atoms with van der Waals surface area (Å²) in [7, 11) is 0. The number of morpholine rings is 1. The standard InChI is InChI=1S/C16H15Cl2N3O2/c17-13-2-1-11(9-14(13)18)20-16(22)15-10-12(3-4-19-15)21-5-7-23-8-6-21/h1-4,9-10H,5-8H2,(H,20,22). The minimum absolute atomic E-state index is 0.293. The third-order valence-electron chi connectivity index (χ3n) is 3.53. The third-order valence-corrected chi connectivity index (χ3v) is 4.27. The number of amides is 1. The Kier molecular flexibility index (Phi) is 5.00. The molecule has 1 amide bonds. The number of nitrogens with one attached hydrogen (secondary N) is 1. The zero-order valence-electron chi connectivity index (χ0n) is 12.3. The zero-order chi connectivity index (χ0) is 16.2. The Morgan fingerprint density at radius 2 is 1.91 bits per heavy atom. The van der Waals surface area contributed by atoms with Crippen molar-refractivity contribution in [3.05, 3.63) is 52.3 Å². The Bertz CT molecular complexity index is 718. The molecule has 1 aliphatic heterocycles. The minimum atomic E-state index is -0.293. The summed E-state index contributed by atoms with van der Waals surface area (Å²) in [6.45, 7) is 2.98. The van der Waals surface area contributed by atoms with Gasteiger partial charge in [0.15, 0.2) is 0 Å². The molecule has 0 saturated carbocycles. The summed E-state index contributed by atoms with van der Waals surface area (Å²) in [4.78, 5) is 18.7. The van der Waals surface area contributed by atoms with Crippen molar-refractivity contribution < 1.29 is 9.53 Å². The first kappa shape index (κ1) is 16.1. The molecule has 3 rings (SSSR count). The van der Waals surface area contributed by atoms with E-state index in [9.17, 15) is 4.79 Å². The van der Waals surface area contributed by atoms with Gasteiger partial charge in [0.1, 0.15) is 5.69 Å². The van der Waals surface area contributed by atoms with Crippen LogP contribution in [0.25, 0.3) is 0 Å². The number of hydrogen-bond donors (Lipinski definition) is 1. The van der Waals surface area contributed by atoms with Crippen LogP contribution in [-0.4, -0.2) is 37.2 Å². The van der Waals surface area contributed by atoms with Gasteiger partial charge in [0, 0.05) is 30.7 Å². The van der Waals surface area contributed by atoms with E-state index >= 15 is 0 Å². The normalized spacial score (nSPS) is 14.6. The maximum atomic E-state index is 12.4. The highest BCUT2D eigenvalue weighted by atomic mass is 35.5. The molecule has 23 heavy (non-hydrogen) atoms. The van der Waals surface area contributed by atoms with Crippen LogP contribution in [0.5, 0.6) is 0 Å². The van der Waals surface area contributed by atoms with Crippen LogP contribution in [0.1, 0.15) is 10.5 Å². The third kappa shape index (κ3) is 3.93. The lowest BCUT2D eigenvalue weighted by Crippen LogP contribution is -2.36. The molecule has 1 aromatic carbocycles. The average Bonchev–Trinajstić information content (AvgIpc) is 2.59. The van der Waals surface area contributed by atoms with E-state index in [0.717, 1.165) is 18.8 Å². The highest BCUT2D eigenvalue weighted by Gasteiger charge is 2.14. The highest BCUT2D eigenvalue weighted by molar-refractivity contribution is 6.42. The van der Waals surface area contributed by atoms with Crippen molar-refractivity contribution in [2.45, 2.75) is 0 Å². The second-order valence-electron chi connectivity index (χ2n) is 5.08. The fourth-order valence-corrected chi connectivity index (χ4v) is 2.63. The van der Waals surface area contributed by atoms with E-state index in [0.29, 0.717) is 34.6 Å². The Morgan fingerprint density at radius 1 is 1.13 bits per heavy atom. The van der Waals surface area contributed by atoms with E-state index < -0.39 is 0 Å². The maximum Gasteiger partial charge on any atom is 0.274 e. The molecule has 0 radical (unpaired) electrons. The molecule has 0 bridgehead atoms. The number of carbonyl (C=O) groups is 1. The number of halogens is 2. The Morgan fingerprint density at radius 3 is 2.65 bits per heavy atom. The van der Waals surface area contributed by atoms with Crippen molar-refractivity contribution in [1.29, 1.82) is 0 Å². The van der Waals surface area contributed by atoms with E-state index in [-0.39, 0.29) is 5.91 Å². The van der Waals surface area contributed by atoms with Crippen LogP contribution in [0.4, 0.5) is 11.4 Å². The summed E-state index contributed by atoms with van der Waals surface area (Å²) >= 11 is 11.8. The Hall–Kier alpha value is -1.82. The Labute approximate surface area is 144 Å². The molecule has 0 unspecified atom stereocenters. The van der Waals surface area contributed by atoms with Gasteiger partial charge in [-0.1, -0.05) is 23.2 Å². The number of nitrogens with zero attached hydrogens (tertiary/aromatic N) is 2. The van der Waals surface area contributed by atoms with Gasteiger partial charge in [0.2, 0.25) is 0 Å². The van der Waals surface area contributed by atoms with Gasteiger partial charge in [-0.15, -0.1) is 0 Å². The number of carbonyl (C=O) groups excluding carboxylic acids is 1. The van der Waals surface area contributed by atoms with Crippen LogP contribution in [0.3, 0.4) is 0 Å². The molecule has 0 spiro atoms. The average molecular weight is 352 g/mol. The molecular weight excluding hydrogens is 337 g/mol. The second kappa shape index (κ2) is 7.17. The van der Waals surface area contributed by atoms with E-state index in [1.54, 1.807) is 30.5 Å². The topological polar surface area (TPSA) is 54.5 Å². The van der Waals surface area contributed by atoms with E-state index in [2.05, 4.69) is 15.2 Å². The molecule has 5 nitrogen and oxygen atoms in total. The van der Waals surface area contributed by atoms with Crippen molar-refractivity contribution in [2.75, 3.05) is 36.5 Å². The van der Waals surface area contributed by atoms with Gasteiger partial charge in [0.25, 0.3) is 5.91 Å². The molecule has 120 valence electrons. The van der Waals surface area contributed by atoms with Crippen molar-refractivity contribution in [2.24, 2.45) is 0 Å². The SMILES string of the molecule is O=C(Nc1ccc(Cl)c(Cl)c1)c1cc(N2CCOCC2)ccn1. The minimum Gasteiger partial charge on any atom is -0.378 e. The lowest BCUT2D eigenvalue weighted by atomic mass is 10.2. The molecule has 1 N–H and O–H groups in total. The number of rotatable bonds is 3. The van der Waals surface area contributed by atoms with Gasteiger partial charge in [-0.2, -0.15) is 0 Å². The van der Waals surface area contributed by atoms with Crippen LogP contribution in [0, 0.1) is 0 Å². The summed E-state index contributed by atoms with van der Waals surface area (Å²) in [5.74, 6) is -0.293. The summed E-state index contributed by atoms with van der Waals surface area (Å²) in [5.41, 5.74) is 1.88. The number of hydrogen-bond acceptors (Lipinski definition) is 4. The van der Waals surface area contributed by atoms with Crippen LogP contribution in [0.2, 0.25) is 10.0 Å². The molecule has 2 heterocycles. The van der Waals surface area contributed by atoms with Gasteiger partial charge in [0.05, 0.1) is 23.3 Å². The van der Waals surface area contributed by atoms with E-state index in [1.165, 1.54) is 0 Å². The van der Waals surface area contributed by atoms with Gasteiger partial charge in [-0.3, -0.25) is 9.78 Å². The lowest BCUT2D eigenvalue weighted by molar-refractivity contribution is 0.102. The maximum absolute atomic E-state index is 12.4. The predicted octanol–water partition coefficient (Wildman–Crippen LogP) is 3.48. The fraction of sp³-hybridized carbons (Fsp3) is 0.250. The quantitative estimate of drug-likeness (QED) is 0.919. The van der Waals surface area contributed by atoms with Crippen molar-refractivity contribution in [3.8, 4) is 0 Å². The van der Waals surface area contributed by atoms with Gasteiger partial charge < -0.3 is 15.0 Å². The summed E-state index contributed by atoms with van der Waals surface area (Å²) in [6.07, 6.45) is 1.63. The summed E-state index contributed by atoms with van der Waals surface area (Å²) in [5, 5.41) is 3.60. The molecule has 1 aromatic heterocycles. The number of benzene rings is 1. The number of ether oxygens (including phenoxy) is 1. The molecule has 7 heteroatoms. The number of aromatic nitrogens is 1. The lowest BCUT2D eigenvalue weighted by Gasteiger charge is -2.28. The van der Waals surface area contributed by atoms with Crippen LogP contribution >= 0.6 is 23.2 Å². The molecule has 0 atom stereocenters. The second-order valence-corrected chi connectivity index (χ2v) is 5.90. The predicted molar refractivity (Wildman–Crippen MR) is 91.7 cm³/mol. The first-order valence-corrected chi connectivity index (χ1v) is 7.94. The monoisotopic (exact) mass is 351 g/mol. The molecule has 0 aliphatic carbocycles. The van der Waals surface area contributed by atoms with Crippen LogP contribution in [0.15, 0.2) is 36.5 Å². The number of pyridine rings is 1. The van der Waals surface area contributed by atoms with Crippen LogP contribution < -0.4 is 10.2 Å². The Balaban J connectivity index is 1.75. The smallest absolute Gasteiger partial charge is 0.274 e. The van der Waals surface area contributed by atoms with Gasteiger partial charge in [-0.05, 0) is 30.3 Å². The first-order chi connectivity index (χ1) is 11.1. The fourth-order valence-electron chi connectivity index (χ4n) is 2.33. The van der Waals surface area contributed by atoms with Gasteiger partial charge >= 0.3 is 0 Å². The van der Waals surface area contributed by atoms with Crippen molar-refractivity contribution >= 4 is 40.5 Å². The molecular formula is C16H15Cl2N3O2. The summed E-state index contributed by atoms with van der Waals surface area (Å²) < 4.78 is 5.34. The largest absolute Gasteiger partial charge is 0.378 e. The molecule has 2 aromatic rings.